The van der Waals surface area contributed by atoms with Crippen molar-refractivity contribution in [2.45, 2.75) is 38.9 Å². The molecule has 0 spiro atoms. The van der Waals surface area contributed by atoms with Gasteiger partial charge in [0.15, 0.2) is 0 Å². The molecule has 0 aliphatic carbocycles. The van der Waals surface area contributed by atoms with E-state index in [1.54, 1.807) is 29.2 Å². The van der Waals surface area contributed by atoms with E-state index in [9.17, 15) is 4.79 Å². The molecule has 7 nitrogen and oxygen atoms in total. The van der Waals surface area contributed by atoms with Gasteiger partial charge in [0.2, 0.25) is 0 Å². The van der Waals surface area contributed by atoms with Crippen LogP contribution in [0.25, 0.3) is 10.4 Å². The normalized spacial score (nSPS) is 17.8. The minimum Gasteiger partial charge on any atom is -0.489 e. The van der Waals surface area contributed by atoms with E-state index < -0.39 is 5.60 Å². The zero-order chi connectivity index (χ0) is 16.2. The maximum Gasteiger partial charge on any atom is 0.410 e. The van der Waals surface area contributed by atoms with Crippen LogP contribution < -0.4 is 4.74 Å². The maximum atomic E-state index is 12.0. The van der Waals surface area contributed by atoms with Crippen LogP contribution in [0.4, 0.5) is 10.5 Å². The molecule has 1 aromatic rings. The van der Waals surface area contributed by atoms with Gasteiger partial charge < -0.3 is 14.4 Å². The van der Waals surface area contributed by atoms with E-state index in [2.05, 4.69) is 10.0 Å². The second kappa shape index (κ2) is 6.58. The summed E-state index contributed by atoms with van der Waals surface area (Å²) in [6.07, 6.45) is 0.396. The smallest absolute Gasteiger partial charge is 0.410 e. The van der Waals surface area contributed by atoms with Crippen LogP contribution in [0, 0.1) is 0 Å². The van der Waals surface area contributed by atoms with Crippen molar-refractivity contribution < 1.29 is 14.3 Å². The number of azide groups is 1. The summed E-state index contributed by atoms with van der Waals surface area (Å²) in [4.78, 5) is 16.4. The van der Waals surface area contributed by atoms with Crippen molar-refractivity contribution in [1.82, 2.24) is 4.90 Å². The topological polar surface area (TPSA) is 87.5 Å². The van der Waals surface area contributed by atoms with Crippen LogP contribution in [-0.2, 0) is 4.74 Å². The van der Waals surface area contributed by atoms with E-state index in [0.29, 0.717) is 24.5 Å². The van der Waals surface area contributed by atoms with Crippen LogP contribution in [0.3, 0.4) is 0 Å². The minimum atomic E-state index is -0.493. The molecular weight excluding hydrogens is 284 g/mol. The molecular formula is C15H20N4O3. The van der Waals surface area contributed by atoms with Crippen molar-refractivity contribution in [3.05, 3.63) is 34.7 Å². The van der Waals surface area contributed by atoms with Gasteiger partial charge in [-0.3, -0.25) is 0 Å². The van der Waals surface area contributed by atoms with Crippen LogP contribution in [0.1, 0.15) is 27.2 Å². The number of benzene rings is 1. The predicted octanol–water partition coefficient (Wildman–Crippen LogP) is 4.02. The summed E-state index contributed by atoms with van der Waals surface area (Å²) in [6, 6.07) is 6.88. The van der Waals surface area contributed by atoms with Gasteiger partial charge in [0.1, 0.15) is 17.5 Å². The highest BCUT2D eigenvalue weighted by atomic mass is 16.6. The van der Waals surface area contributed by atoms with Gasteiger partial charge in [-0.05, 0) is 50.6 Å². The molecule has 118 valence electrons. The largest absolute Gasteiger partial charge is 0.489 e. The Hall–Kier alpha value is -2.40. The Morgan fingerprint density at radius 1 is 1.36 bits per heavy atom. The second-order valence-corrected chi connectivity index (χ2v) is 6.14. The molecule has 0 aromatic heterocycles. The molecule has 1 aliphatic rings. The van der Waals surface area contributed by atoms with Crippen LogP contribution >= 0.6 is 0 Å². The molecule has 7 heteroatoms. The first kappa shape index (κ1) is 16.0. The van der Waals surface area contributed by atoms with Gasteiger partial charge in [-0.25, -0.2) is 4.79 Å². The lowest BCUT2D eigenvalue weighted by Crippen LogP contribution is -2.36. The number of amides is 1. The second-order valence-electron chi connectivity index (χ2n) is 6.14. The van der Waals surface area contributed by atoms with E-state index in [1.165, 1.54) is 0 Å². The Kier molecular flexibility index (Phi) is 4.78. The van der Waals surface area contributed by atoms with E-state index >= 15 is 0 Å². The fraction of sp³-hybridized carbons (Fsp3) is 0.533. The number of hydrogen-bond acceptors (Lipinski definition) is 4. The van der Waals surface area contributed by atoms with Crippen molar-refractivity contribution >= 4 is 11.8 Å². The van der Waals surface area contributed by atoms with Gasteiger partial charge in [-0.2, -0.15) is 0 Å². The summed E-state index contributed by atoms with van der Waals surface area (Å²) >= 11 is 0. The third kappa shape index (κ3) is 4.56. The summed E-state index contributed by atoms with van der Waals surface area (Å²) in [7, 11) is 0. The first-order chi connectivity index (χ1) is 10.4. The number of carbonyl (C=O) groups excluding carboxylic acids is 1. The van der Waals surface area contributed by atoms with Crippen LogP contribution in [0.5, 0.6) is 5.75 Å². The lowest BCUT2D eigenvalue weighted by atomic mass is 10.2. The van der Waals surface area contributed by atoms with Crippen LogP contribution in [0.15, 0.2) is 29.4 Å². The average molecular weight is 304 g/mol. The summed E-state index contributed by atoms with van der Waals surface area (Å²) < 4.78 is 11.2. The SMILES string of the molecule is CC(C)(C)OC(=O)N1CCC(Oc2ccc(N=[N+]=[N-])cc2)C1. The number of nitrogens with zero attached hydrogens (tertiary/aromatic N) is 4. The van der Waals surface area contributed by atoms with Gasteiger partial charge in [0.25, 0.3) is 0 Å². The summed E-state index contributed by atoms with van der Waals surface area (Å²) in [6.45, 7) is 6.67. The first-order valence-corrected chi connectivity index (χ1v) is 7.17. The van der Waals surface area contributed by atoms with Crippen molar-refractivity contribution in [2.24, 2.45) is 5.11 Å². The van der Waals surface area contributed by atoms with Crippen molar-refractivity contribution in [1.29, 1.82) is 0 Å². The van der Waals surface area contributed by atoms with Crippen molar-refractivity contribution in [3.8, 4) is 5.75 Å². The molecule has 1 heterocycles. The molecule has 0 saturated carbocycles. The van der Waals surface area contributed by atoms with Gasteiger partial charge >= 0.3 is 6.09 Å². The maximum absolute atomic E-state index is 12.0. The molecule has 22 heavy (non-hydrogen) atoms. The highest BCUT2D eigenvalue weighted by Crippen LogP contribution is 2.23. The van der Waals surface area contributed by atoms with Crippen molar-refractivity contribution in [2.75, 3.05) is 13.1 Å². The standard InChI is InChI=1S/C15H20N4O3/c1-15(2,3)22-14(20)19-9-8-13(10-19)21-12-6-4-11(5-7-12)17-18-16/h4-7,13H,8-10H2,1-3H3. The highest BCUT2D eigenvalue weighted by molar-refractivity contribution is 5.68. The lowest BCUT2D eigenvalue weighted by molar-refractivity contribution is 0.0275. The van der Waals surface area contributed by atoms with Crippen LogP contribution in [0.2, 0.25) is 0 Å². The predicted molar refractivity (Wildman–Crippen MR) is 82.1 cm³/mol. The zero-order valence-electron chi connectivity index (χ0n) is 13.0. The van der Waals surface area contributed by atoms with Crippen LogP contribution in [-0.4, -0.2) is 35.8 Å². The lowest BCUT2D eigenvalue weighted by Gasteiger charge is -2.24. The third-order valence-electron chi connectivity index (χ3n) is 3.10. The molecule has 1 atom stereocenters. The number of ether oxygens (including phenoxy) is 2. The van der Waals surface area contributed by atoms with E-state index in [1.807, 2.05) is 20.8 Å². The molecule has 1 aliphatic heterocycles. The van der Waals surface area contributed by atoms with E-state index in [-0.39, 0.29) is 12.2 Å². The molecule has 0 N–H and O–H groups in total. The monoisotopic (exact) mass is 304 g/mol. The van der Waals surface area contributed by atoms with Gasteiger partial charge in [0, 0.05) is 23.6 Å². The Morgan fingerprint density at radius 3 is 2.64 bits per heavy atom. The van der Waals surface area contributed by atoms with Gasteiger partial charge in [-0.15, -0.1) is 0 Å². The molecule has 1 aromatic carbocycles. The highest BCUT2D eigenvalue weighted by Gasteiger charge is 2.30. The zero-order valence-corrected chi connectivity index (χ0v) is 13.0. The van der Waals surface area contributed by atoms with Crippen molar-refractivity contribution in [3.63, 3.8) is 0 Å². The number of hydrogen-bond donors (Lipinski definition) is 0. The van der Waals surface area contributed by atoms with Gasteiger partial charge in [0.05, 0.1) is 6.54 Å². The van der Waals surface area contributed by atoms with E-state index in [4.69, 9.17) is 15.0 Å². The number of rotatable bonds is 3. The molecule has 1 saturated heterocycles. The molecule has 1 unspecified atom stereocenters. The summed E-state index contributed by atoms with van der Waals surface area (Å²) in [5, 5.41) is 3.50. The Bertz CT molecular complexity index is 573. The first-order valence-electron chi connectivity index (χ1n) is 7.17. The fourth-order valence-electron chi connectivity index (χ4n) is 2.15. The quantitative estimate of drug-likeness (QED) is 0.480. The molecule has 1 fully saturated rings. The summed E-state index contributed by atoms with van der Waals surface area (Å²) in [5.41, 5.74) is 8.40. The third-order valence-corrected chi connectivity index (χ3v) is 3.10. The van der Waals surface area contributed by atoms with Gasteiger partial charge in [-0.1, -0.05) is 5.11 Å². The molecule has 0 radical (unpaired) electrons. The molecule has 0 bridgehead atoms. The van der Waals surface area contributed by atoms with E-state index in [0.717, 1.165) is 6.42 Å². The fourth-order valence-corrected chi connectivity index (χ4v) is 2.15. The Balaban J connectivity index is 1.88. The minimum absolute atomic E-state index is 0.0576. The average Bonchev–Trinajstić information content (AvgIpc) is 2.88. The number of likely N-dealkylation sites (tertiary alicyclic amines) is 1. The number of carbonyl (C=O) groups is 1. The Morgan fingerprint density at radius 2 is 2.05 bits per heavy atom. The Labute approximate surface area is 129 Å². The summed E-state index contributed by atoms with van der Waals surface area (Å²) in [5.74, 6) is 0.688. The molecule has 2 rings (SSSR count). The molecule has 1 amide bonds.